The molecule has 0 saturated heterocycles. The van der Waals surface area contributed by atoms with Gasteiger partial charge in [0.2, 0.25) is 0 Å². The molecule has 1 nitrogen and oxygen atoms in total. The molecular weight excluding hydrogens is 278 g/mol. The first kappa shape index (κ1) is 13.0. The van der Waals surface area contributed by atoms with Crippen molar-refractivity contribution in [1.29, 1.82) is 0 Å². The maximum atomic E-state index is 3.82. The average molecular weight is 297 g/mol. The molecule has 0 fully saturated rings. The summed E-state index contributed by atoms with van der Waals surface area (Å²) in [6, 6.07) is 29.1. The summed E-state index contributed by atoms with van der Waals surface area (Å²) >= 11 is 0. The lowest BCUT2D eigenvalue weighted by Crippen LogP contribution is -2.30. The summed E-state index contributed by atoms with van der Waals surface area (Å²) in [7, 11) is 0. The highest BCUT2D eigenvalue weighted by Gasteiger charge is 2.42. The van der Waals surface area contributed by atoms with Crippen molar-refractivity contribution in [1.82, 2.24) is 0 Å². The van der Waals surface area contributed by atoms with E-state index in [1.807, 2.05) is 0 Å². The zero-order valence-corrected chi connectivity index (χ0v) is 12.9. The van der Waals surface area contributed by atoms with Gasteiger partial charge >= 0.3 is 0 Å². The molecule has 3 atom stereocenters. The van der Waals surface area contributed by atoms with Crippen LogP contribution in [0.4, 0.5) is 5.69 Å². The molecule has 1 N–H and O–H groups in total. The van der Waals surface area contributed by atoms with Crippen molar-refractivity contribution in [2.75, 3.05) is 5.32 Å². The van der Waals surface area contributed by atoms with Gasteiger partial charge in [-0.25, -0.2) is 0 Å². The molecule has 3 aromatic carbocycles. The first-order valence-electron chi connectivity index (χ1n) is 8.40. The van der Waals surface area contributed by atoms with Gasteiger partial charge in [0.15, 0.2) is 0 Å². The molecule has 3 aromatic rings. The minimum atomic E-state index is 0.378. The minimum Gasteiger partial charge on any atom is -0.378 e. The largest absolute Gasteiger partial charge is 0.378 e. The molecule has 0 radical (unpaired) electrons. The van der Waals surface area contributed by atoms with Crippen LogP contribution in [0.3, 0.4) is 0 Å². The molecule has 0 spiro atoms. The van der Waals surface area contributed by atoms with Gasteiger partial charge in [-0.1, -0.05) is 72.8 Å². The van der Waals surface area contributed by atoms with Gasteiger partial charge in [0.05, 0.1) is 6.04 Å². The third kappa shape index (κ3) is 1.93. The lowest BCUT2D eigenvalue weighted by atomic mass is 9.76. The third-order valence-electron chi connectivity index (χ3n) is 5.47. The predicted molar refractivity (Wildman–Crippen MR) is 94.7 cm³/mol. The molecule has 0 aromatic heterocycles. The van der Waals surface area contributed by atoms with Crippen molar-refractivity contribution in [3.63, 3.8) is 0 Å². The van der Waals surface area contributed by atoms with Gasteiger partial charge in [0, 0.05) is 11.6 Å². The molecule has 1 aliphatic carbocycles. The van der Waals surface area contributed by atoms with Crippen LogP contribution in [-0.4, -0.2) is 0 Å². The molecule has 2 aliphatic rings. The maximum absolute atomic E-state index is 3.82. The number of anilines is 1. The van der Waals surface area contributed by atoms with E-state index in [0.717, 1.165) is 6.42 Å². The average Bonchev–Trinajstić information content (AvgIpc) is 3.01. The van der Waals surface area contributed by atoms with Crippen molar-refractivity contribution in [2.45, 2.75) is 18.4 Å². The topological polar surface area (TPSA) is 12.0 Å². The SMILES string of the molecule is c1ccc([C@H]2Nc3ccccc3[C@@H]3c4ccccc4C[C@@H]32)cc1. The number of para-hydroxylation sites is 1. The Morgan fingerprint density at radius 1 is 0.696 bits per heavy atom. The molecule has 23 heavy (non-hydrogen) atoms. The Kier molecular flexibility index (Phi) is 2.81. The van der Waals surface area contributed by atoms with Gasteiger partial charge in [-0.15, -0.1) is 0 Å². The minimum absolute atomic E-state index is 0.378. The fraction of sp³-hybridized carbons (Fsp3) is 0.182. The standard InChI is InChI=1S/C22H19N/c1-2-8-15(9-3-1)22-19-14-16-10-4-5-11-17(16)21(19)18-12-6-7-13-20(18)23-22/h1-13,19,21-23H,14H2/t19-,21-,22+/m0/s1. The van der Waals surface area contributed by atoms with Crippen LogP contribution in [0.2, 0.25) is 0 Å². The lowest BCUT2D eigenvalue weighted by molar-refractivity contribution is 0.421. The normalized spacial score (nSPS) is 24.3. The van der Waals surface area contributed by atoms with E-state index < -0.39 is 0 Å². The Morgan fingerprint density at radius 2 is 1.39 bits per heavy atom. The van der Waals surface area contributed by atoms with E-state index in [9.17, 15) is 0 Å². The highest BCUT2D eigenvalue weighted by molar-refractivity contribution is 5.62. The smallest absolute Gasteiger partial charge is 0.0554 e. The van der Waals surface area contributed by atoms with Crippen LogP contribution in [-0.2, 0) is 6.42 Å². The van der Waals surface area contributed by atoms with Crippen molar-refractivity contribution in [3.05, 3.63) is 101 Å². The van der Waals surface area contributed by atoms with Gasteiger partial charge in [-0.2, -0.15) is 0 Å². The van der Waals surface area contributed by atoms with E-state index in [1.54, 1.807) is 0 Å². The number of nitrogens with one attached hydrogen (secondary N) is 1. The lowest BCUT2D eigenvalue weighted by Gasteiger charge is -2.38. The summed E-state index contributed by atoms with van der Waals surface area (Å²) in [4.78, 5) is 0. The van der Waals surface area contributed by atoms with E-state index in [0.29, 0.717) is 17.9 Å². The summed E-state index contributed by atoms with van der Waals surface area (Å²) < 4.78 is 0. The van der Waals surface area contributed by atoms with Crippen molar-refractivity contribution in [2.24, 2.45) is 5.92 Å². The summed E-state index contributed by atoms with van der Waals surface area (Å²) in [5.41, 5.74) is 7.17. The second kappa shape index (κ2) is 4.99. The van der Waals surface area contributed by atoms with Crippen LogP contribution in [0.1, 0.15) is 34.2 Å². The molecular formula is C22H19N. The van der Waals surface area contributed by atoms with E-state index >= 15 is 0 Å². The van der Waals surface area contributed by atoms with Gasteiger partial charge < -0.3 is 5.32 Å². The molecule has 0 unspecified atom stereocenters. The van der Waals surface area contributed by atoms with Gasteiger partial charge in [0.1, 0.15) is 0 Å². The third-order valence-corrected chi connectivity index (χ3v) is 5.47. The Bertz CT molecular complexity index is 853. The number of hydrogen-bond acceptors (Lipinski definition) is 1. The van der Waals surface area contributed by atoms with Crippen LogP contribution < -0.4 is 5.32 Å². The van der Waals surface area contributed by atoms with E-state index in [1.165, 1.54) is 27.9 Å². The monoisotopic (exact) mass is 297 g/mol. The zero-order chi connectivity index (χ0) is 15.2. The van der Waals surface area contributed by atoms with E-state index in [2.05, 4.69) is 84.2 Å². The van der Waals surface area contributed by atoms with Crippen molar-refractivity contribution >= 4 is 5.69 Å². The molecule has 112 valence electrons. The highest BCUT2D eigenvalue weighted by atomic mass is 15.0. The van der Waals surface area contributed by atoms with E-state index in [4.69, 9.17) is 0 Å². The summed E-state index contributed by atoms with van der Waals surface area (Å²) in [6.45, 7) is 0. The van der Waals surface area contributed by atoms with E-state index in [-0.39, 0.29) is 0 Å². The fourth-order valence-corrected chi connectivity index (χ4v) is 4.50. The molecule has 0 bridgehead atoms. The van der Waals surface area contributed by atoms with Gasteiger partial charge in [-0.3, -0.25) is 0 Å². The first-order valence-corrected chi connectivity index (χ1v) is 8.40. The number of benzene rings is 3. The molecule has 0 amide bonds. The quantitative estimate of drug-likeness (QED) is 0.654. The summed E-state index contributed by atoms with van der Waals surface area (Å²) in [6.07, 6.45) is 1.15. The highest BCUT2D eigenvalue weighted by Crippen LogP contribution is 2.53. The second-order valence-corrected chi connectivity index (χ2v) is 6.66. The predicted octanol–water partition coefficient (Wildman–Crippen LogP) is 5.16. The van der Waals surface area contributed by atoms with Gasteiger partial charge in [0.25, 0.3) is 0 Å². The number of rotatable bonds is 1. The summed E-state index contributed by atoms with van der Waals surface area (Å²) in [5, 5.41) is 3.82. The fourth-order valence-electron chi connectivity index (χ4n) is 4.50. The van der Waals surface area contributed by atoms with Crippen molar-refractivity contribution in [3.8, 4) is 0 Å². The maximum Gasteiger partial charge on any atom is 0.0554 e. The molecule has 1 heteroatoms. The van der Waals surface area contributed by atoms with Crippen LogP contribution >= 0.6 is 0 Å². The number of fused-ring (bicyclic) bond motifs is 5. The number of hydrogen-bond donors (Lipinski definition) is 1. The van der Waals surface area contributed by atoms with Crippen LogP contribution in [0.25, 0.3) is 0 Å². The van der Waals surface area contributed by atoms with Crippen LogP contribution in [0, 0.1) is 5.92 Å². The Balaban J connectivity index is 1.70. The van der Waals surface area contributed by atoms with Crippen LogP contribution in [0.15, 0.2) is 78.9 Å². The zero-order valence-electron chi connectivity index (χ0n) is 12.9. The second-order valence-electron chi connectivity index (χ2n) is 6.66. The Labute approximate surface area is 137 Å². The Hall–Kier alpha value is -2.54. The molecule has 0 saturated carbocycles. The molecule has 1 aliphatic heterocycles. The van der Waals surface area contributed by atoms with Gasteiger partial charge in [-0.05, 0) is 40.7 Å². The molecule has 1 heterocycles. The first-order chi connectivity index (χ1) is 11.4. The summed E-state index contributed by atoms with van der Waals surface area (Å²) in [5.74, 6) is 1.10. The Morgan fingerprint density at radius 3 is 2.26 bits per heavy atom. The molecule has 5 rings (SSSR count). The van der Waals surface area contributed by atoms with Crippen LogP contribution in [0.5, 0.6) is 0 Å². The van der Waals surface area contributed by atoms with Crippen molar-refractivity contribution < 1.29 is 0 Å².